The molecule has 4 aromatic carbocycles. The third kappa shape index (κ3) is 9.56. The van der Waals surface area contributed by atoms with E-state index in [9.17, 15) is 19.8 Å². The van der Waals surface area contributed by atoms with Crippen LogP contribution in [0.25, 0.3) is 50.0 Å². The Bertz CT molecular complexity index is 3320. The van der Waals surface area contributed by atoms with Crippen LogP contribution in [0.5, 0.6) is 17.5 Å². The van der Waals surface area contributed by atoms with E-state index in [0.717, 1.165) is 94.3 Å². The number of phenols is 2. The molecule has 3 aromatic heterocycles. The van der Waals surface area contributed by atoms with E-state index in [0.29, 0.717) is 89.4 Å². The summed E-state index contributed by atoms with van der Waals surface area (Å²) in [5.41, 5.74) is 3.20. The van der Waals surface area contributed by atoms with Gasteiger partial charge >= 0.3 is 11.7 Å². The molecule has 5 saturated heterocycles. The van der Waals surface area contributed by atoms with Crippen molar-refractivity contribution >= 4 is 45.0 Å². The predicted molar refractivity (Wildman–Crippen MR) is 286 cm³/mol. The number of aromatic hydroxyl groups is 2. The van der Waals surface area contributed by atoms with Crippen LogP contribution in [0.15, 0.2) is 83.8 Å². The first kappa shape index (κ1) is 49.2. The Morgan fingerprint density at radius 3 is 2.37 bits per heavy atom. The third-order valence-electron chi connectivity index (χ3n) is 16.5. The fourth-order valence-electron chi connectivity index (χ4n) is 12.4. The van der Waals surface area contributed by atoms with Crippen LogP contribution in [-0.2, 0) is 17.8 Å². The maximum absolute atomic E-state index is 17.0. The van der Waals surface area contributed by atoms with Crippen molar-refractivity contribution in [1.82, 2.24) is 54.6 Å². The highest BCUT2D eigenvalue weighted by Gasteiger charge is 2.39. The highest BCUT2D eigenvalue weighted by Crippen LogP contribution is 2.39. The summed E-state index contributed by atoms with van der Waals surface area (Å²) in [4.78, 5) is 52.8. The topological polar surface area (TPSA) is 184 Å². The number of hydrogen-bond donors (Lipinski definition) is 4. The number of pyridine rings is 1. The largest absolute Gasteiger partial charge is 0.508 e. The summed E-state index contributed by atoms with van der Waals surface area (Å²) in [7, 11) is 2.13. The maximum Gasteiger partial charge on any atom is 0.348 e. The number of aryl methyl sites for hydroxylation is 1. The second-order valence-corrected chi connectivity index (χ2v) is 21.5. The number of amides is 1. The van der Waals surface area contributed by atoms with Crippen molar-refractivity contribution in [3.05, 3.63) is 111 Å². The van der Waals surface area contributed by atoms with Crippen molar-refractivity contribution in [3.8, 4) is 45.8 Å². The quantitative estimate of drug-likeness (QED) is 0.103. The van der Waals surface area contributed by atoms with Crippen molar-refractivity contribution in [3.63, 3.8) is 0 Å². The van der Waals surface area contributed by atoms with Crippen LogP contribution in [-0.4, -0.2) is 162 Å². The van der Waals surface area contributed by atoms with Crippen molar-refractivity contribution in [2.75, 3.05) is 77.5 Å². The summed E-state index contributed by atoms with van der Waals surface area (Å²) in [6.45, 7) is 9.99. The first-order valence-electron chi connectivity index (χ1n) is 26.4. The number of ether oxygens (including phenoxy) is 1. The number of aromatic amines is 1. The minimum absolute atomic E-state index is 0.00529. The van der Waals surface area contributed by atoms with E-state index in [1.165, 1.54) is 10.6 Å². The van der Waals surface area contributed by atoms with E-state index >= 15 is 4.39 Å². The number of carbonyl (C=O) groups is 1. The fraction of sp³-hybridized carbons (Fsp3) is 0.429. The number of rotatable bonds is 12. The number of benzene rings is 4. The van der Waals surface area contributed by atoms with Crippen LogP contribution in [0.1, 0.15) is 50.2 Å². The lowest BCUT2D eigenvalue weighted by atomic mass is 9.93. The van der Waals surface area contributed by atoms with Crippen molar-refractivity contribution in [2.24, 2.45) is 5.92 Å². The molecule has 5 fully saturated rings. The Morgan fingerprint density at radius 1 is 0.880 bits per heavy atom. The zero-order chi connectivity index (χ0) is 51.5. The van der Waals surface area contributed by atoms with Gasteiger partial charge in [0.2, 0.25) is 5.91 Å². The molecule has 4 N–H and O–H groups in total. The number of aromatic nitrogens is 6. The van der Waals surface area contributed by atoms with Gasteiger partial charge in [-0.1, -0.05) is 61.0 Å². The number of likely N-dealkylation sites (tertiary alicyclic amines) is 2. The Kier molecular flexibility index (Phi) is 13.4. The number of phenolic OH excluding ortho intramolecular Hbond substituents is 2. The van der Waals surface area contributed by atoms with Gasteiger partial charge in [-0.05, 0) is 99.4 Å². The van der Waals surface area contributed by atoms with E-state index in [2.05, 4.69) is 42.2 Å². The van der Waals surface area contributed by atoms with Crippen molar-refractivity contribution < 1.29 is 24.1 Å². The molecular formula is C56H62ClFN12O5. The van der Waals surface area contributed by atoms with Crippen LogP contribution in [0.2, 0.25) is 5.02 Å². The van der Waals surface area contributed by atoms with Crippen LogP contribution >= 0.6 is 11.6 Å². The molecule has 0 aliphatic carbocycles. The molecule has 0 radical (unpaired) electrons. The summed E-state index contributed by atoms with van der Waals surface area (Å²) < 4.78 is 24.9. The molecule has 75 heavy (non-hydrogen) atoms. The maximum atomic E-state index is 17.0. The number of likely N-dealkylation sites (N-methyl/N-ethyl adjacent to an activating group) is 1. The van der Waals surface area contributed by atoms with Crippen LogP contribution in [0, 0.1) is 11.7 Å². The molecule has 5 aliphatic heterocycles. The second kappa shape index (κ2) is 20.4. The van der Waals surface area contributed by atoms with Gasteiger partial charge in [0.15, 0.2) is 11.6 Å². The molecule has 2 bridgehead atoms. The van der Waals surface area contributed by atoms with E-state index in [4.69, 9.17) is 31.3 Å². The van der Waals surface area contributed by atoms with E-state index in [-0.39, 0.29) is 52.4 Å². The Morgan fingerprint density at radius 2 is 1.63 bits per heavy atom. The Hall–Kier alpha value is -6.70. The normalized spacial score (nSPS) is 22.0. The smallest absolute Gasteiger partial charge is 0.348 e. The lowest BCUT2D eigenvalue weighted by molar-refractivity contribution is -0.139. The minimum atomic E-state index is -0.530. The summed E-state index contributed by atoms with van der Waals surface area (Å²) >= 11 is 6.70. The number of piperidine rings is 1. The molecule has 1 amide bonds. The third-order valence-corrected chi connectivity index (χ3v) is 16.8. The average molecular weight is 1040 g/mol. The molecule has 17 nitrogen and oxygen atoms in total. The number of carbonyl (C=O) groups excluding carboxylic acids is 1. The van der Waals surface area contributed by atoms with Gasteiger partial charge in [0.1, 0.15) is 35.1 Å². The molecule has 5 aliphatic rings. The van der Waals surface area contributed by atoms with Gasteiger partial charge < -0.3 is 30.1 Å². The van der Waals surface area contributed by atoms with E-state index in [1.54, 1.807) is 12.3 Å². The zero-order valence-corrected chi connectivity index (χ0v) is 43.0. The Balaban J connectivity index is 0.652. The minimum Gasteiger partial charge on any atom is -0.508 e. The SMILES string of the molecule is CCc1cc(-c2n[nH]c(=O)n2-c2ccc(CN3CCN(C(=O)C4CCN([C@H]5C[C@@H](COc6nc(N7CC8CCC(C7)N8)c7cnc(-c8cccc9cccc(Cl)c89)c(F)c7n6)N(C)C5)CC4)CC3)cc2)c(O)cc1O. The van der Waals surface area contributed by atoms with E-state index < -0.39 is 11.5 Å². The van der Waals surface area contributed by atoms with Crippen LogP contribution in [0.3, 0.4) is 0 Å². The van der Waals surface area contributed by atoms with Crippen molar-refractivity contribution in [2.45, 2.75) is 76.2 Å². The average Bonchev–Trinajstić information content (AvgIpc) is 4.11. The molecule has 7 aromatic rings. The highest BCUT2D eigenvalue weighted by molar-refractivity contribution is 6.36. The van der Waals surface area contributed by atoms with Gasteiger partial charge in [0.25, 0.3) is 0 Å². The summed E-state index contributed by atoms with van der Waals surface area (Å²) in [6.07, 6.45) is 6.99. The molecule has 8 heterocycles. The number of nitrogens with zero attached hydrogens (tertiary/aromatic N) is 10. The van der Waals surface area contributed by atoms with Crippen molar-refractivity contribution in [1.29, 1.82) is 0 Å². The van der Waals surface area contributed by atoms with Gasteiger partial charge in [0.05, 0.1) is 16.6 Å². The van der Waals surface area contributed by atoms with Gasteiger partial charge in [-0.15, -0.1) is 0 Å². The fourth-order valence-corrected chi connectivity index (χ4v) is 12.6. The number of hydrogen-bond acceptors (Lipinski definition) is 14. The van der Waals surface area contributed by atoms with Gasteiger partial charge in [-0.25, -0.2) is 18.9 Å². The number of nitrogens with one attached hydrogen (secondary N) is 2. The first-order chi connectivity index (χ1) is 36.5. The summed E-state index contributed by atoms with van der Waals surface area (Å²) in [5, 5.41) is 34.0. The molecule has 4 atom stereocenters. The first-order valence-corrected chi connectivity index (χ1v) is 26.8. The van der Waals surface area contributed by atoms with Crippen LogP contribution in [0.4, 0.5) is 10.2 Å². The Labute approximate surface area is 438 Å². The summed E-state index contributed by atoms with van der Waals surface area (Å²) in [5.74, 6) is 0.452. The van der Waals surface area contributed by atoms with Gasteiger partial charge in [-0.3, -0.25) is 24.5 Å². The van der Waals surface area contributed by atoms with Gasteiger partial charge in [-0.2, -0.15) is 15.1 Å². The lowest BCUT2D eigenvalue weighted by Crippen LogP contribution is -2.52. The zero-order valence-electron chi connectivity index (χ0n) is 42.3. The molecule has 19 heteroatoms. The second-order valence-electron chi connectivity index (χ2n) is 21.1. The number of H-pyrrole nitrogens is 1. The molecule has 0 spiro atoms. The van der Waals surface area contributed by atoms with E-state index in [1.807, 2.05) is 72.5 Å². The number of piperazine rings is 2. The number of halogens is 2. The molecule has 0 saturated carbocycles. The van der Waals surface area contributed by atoms with Crippen LogP contribution < -0.4 is 20.6 Å². The predicted octanol–water partition coefficient (Wildman–Crippen LogP) is 6.60. The standard InChI is InChI=1S/C56H62ClFN12O5/c1-3-34-24-43(47(72)26-46(34)71)53-63-64-56(74)70(53)39-14-10-33(11-15-39)28-66-20-22-68(23-21-66)54(73)36-16-18-67(19-17-36)40-25-41(65(2)31-40)32-75-55-61-51-44(52(62-55)69-29-37-12-13-38(30-69)60-37)27-59-50(49(51)58)42-8-4-6-35-7-5-9-45(57)48(35)42/h4-11,14-15,24,26-27,36-38,40-41,60,71-72H,3,12-13,16-23,25,28-32H2,1-2H3,(H,64,74)/t37?,38?,40-,41-/m0/s1. The highest BCUT2D eigenvalue weighted by atomic mass is 35.5. The molecule has 12 rings (SSSR count). The van der Waals surface area contributed by atoms with Gasteiger partial charge in [0, 0.05) is 111 Å². The lowest BCUT2D eigenvalue weighted by Gasteiger charge is -2.39. The monoisotopic (exact) mass is 1040 g/mol. The molecular weight excluding hydrogens is 975 g/mol. The number of anilines is 1. The molecule has 2 unspecified atom stereocenters. The summed E-state index contributed by atoms with van der Waals surface area (Å²) in [6, 6.07) is 23.3. The molecule has 390 valence electrons. The number of fused-ring (bicyclic) bond motifs is 4.